The fourth-order valence-electron chi connectivity index (χ4n) is 7.53. The lowest BCUT2D eigenvalue weighted by Gasteiger charge is -2.58. The van der Waals surface area contributed by atoms with Gasteiger partial charge >= 0.3 is 0 Å². The second-order valence-corrected chi connectivity index (χ2v) is 9.65. The third-order valence-corrected chi connectivity index (χ3v) is 9.00. The Morgan fingerprint density at radius 3 is 2.72 bits per heavy atom. The minimum atomic E-state index is -1.28. The molecule has 0 aromatic rings. The topological polar surface area (TPSA) is 63.6 Å². The number of Topliss-reactive ketones (excluding diaryl/α,β-unsaturated/α-hetero) is 1. The molecule has 0 bridgehead atoms. The van der Waals surface area contributed by atoms with Crippen LogP contribution >= 0.6 is 0 Å². The zero-order chi connectivity index (χ0) is 17.6. The second kappa shape index (κ2) is 4.83. The van der Waals surface area contributed by atoms with Crippen LogP contribution in [0.5, 0.6) is 0 Å². The van der Waals surface area contributed by atoms with Crippen LogP contribution < -0.4 is 0 Å². The molecule has 4 heteroatoms. The maximum atomic E-state index is 12.5. The maximum Gasteiger partial charge on any atom is 0.193 e. The van der Waals surface area contributed by atoms with Gasteiger partial charge in [-0.15, -0.1) is 0 Å². The Morgan fingerprint density at radius 1 is 1.12 bits per heavy atom. The van der Waals surface area contributed by atoms with E-state index < -0.39 is 5.60 Å². The molecule has 5 aliphatic rings. The Morgan fingerprint density at radius 2 is 1.92 bits per heavy atom. The lowest BCUT2D eigenvalue weighted by molar-refractivity contribution is -0.159. The van der Waals surface area contributed by atoms with E-state index >= 15 is 0 Å². The van der Waals surface area contributed by atoms with E-state index in [0.29, 0.717) is 24.2 Å². The van der Waals surface area contributed by atoms with Gasteiger partial charge in [0.05, 0.1) is 6.10 Å². The Hall–Kier alpha value is -1.00. The largest absolute Gasteiger partial charge is 0.379 e. The molecule has 4 fully saturated rings. The van der Waals surface area contributed by atoms with Gasteiger partial charge in [0.15, 0.2) is 17.2 Å². The van der Waals surface area contributed by atoms with E-state index in [4.69, 9.17) is 4.74 Å². The van der Waals surface area contributed by atoms with Gasteiger partial charge in [-0.1, -0.05) is 19.4 Å². The van der Waals surface area contributed by atoms with Crippen LogP contribution in [0.3, 0.4) is 0 Å². The van der Waals surface area contributed by atoms with E-state index in [0.717, 1.165) is 38.5 Å². The van der Waals surface area contributed by atoms with Gasteiger partial charge in [0, 0.05) is 11.8 Å². The smallest absolute Gasteiger partial charge is 0.193 e. The third-order valence-electron chi connectivity index (χ3n) is 9.00. The molecule has 5 rings (SSSR count). The van der Waals surface area contributed by atoms with Gasteiger partial charge in [0.25, 0.3) is 0 Å². The number of hydrogen-bond donors (Lipinski definition) is 1. The number of allylic oxidation sites excluding steroid dienone is 1. The van der Waals surface area contributed by atoms with Crippen molar-refractivity contribution >= 4 is 11.6 Å². The molecule has 0 spiro atoms. The molecule has 136 valence electrons. The van der Waals surface area contributed by atoms with Crippen molar-refractivity contribution in [2.24, 2.45) is 28.6 Å². The molecule has 1 saturated heterocycles. The van der Waals surface area contributed by atoms with Crippen LogP contribution in [0.2, 0.25) is 0 Å². The average molecular weight is 344 g/mol. The van der Waals surface area contributed by atoms with Gasteiger partial charge in [0.1, 0.15) is 6.61 Å². The monoisotopic (exact) mass is 344 g/mol. The van der Waals surface area contributed by atoms with E-state index in [1.165, 1.54) is 5.57 Å². The second-order valence-electron chi connectivity index (χ2n) is 9.65. The van der Waals surface area contributed by atoms with Crippen LogP contribution in [-0.2, 0) is 14.3 Å². The summed E-state index contributed by atoms with van der Waals surface area (Å²) in [6, 6.07) is 0. The summed E-state index contributed by atoms with van der Waals surface area (Å²) >= 11 is 0. The van der Waals surface area contributed by atoms with E-state index in [-0.39, 0.29) is 35.1 Å². The van der Waals surface area contributed by atoms with Gasteiger partial charge in [0.2, 0.25) is 0 Å². The first-order valence-corrected chi connectivity index (χ1v) is 9.92. The number of ether oxygens (including phenoxy) is 1. The van der Waals surface area contributed by atoms with E-state index in [1.54, 1.807) is 0 Å². The number of fused-ring (bicyclic) bond motifs is 7. The number of aliphatic hydroxyl groups is 1. The fourth-order valence-corrected chi connectivity index (χ4v) is 7.53. The first-order chi connectivity index (χ1) is 11.8. The van der Waals surface area contributed by atoms with E-state index in [2.05, 4.69) is 13.8 Å². The predicted octanol–water partition coefficient (Wildman–Crippen LogP) is 2.83. The van der Waals surface area contributed by atoms with Gasteiger partial charge in [-0.2, -0.15) is 0 Å². The standard InChI is InChI=1S/C21H28O4/c1-19-7-5-13(22)9-12(19)3-4-14-15(19)6-8-20(2)16(14)10-18-21(20,24)17(23)11-25-18/h9,14-16,18,24H,3-8,10-11H2,1-2H3/t14?,15?,16?,18?,19-,20-,21+/m1/s1. The highest BCUT2D eigenvalue weighted by molar-refractivity contribution is 5.92. The fraction of sp³-hybridized carbons (Fsp3) is 0.810. The van der Waals surface area contributed by atoms with Gasteiger partial charge in [-0.3, -0.25) is 9.59 Å². The molecule has 0 radical (unpaired) electrons. The minimum absolute atomic E-state index is 0.0737. The molecule has 1 aliphatic heterocycles. The van der Waals surface area contributed by atoms with Crippen LogP contribution in [-0.4, -0.2) is 35.0 Å². The van der Waals surface area contributed by atoms with Crippen LogP contribution in [0.4, 0.5) is 0 Å². The molecule has 0 aromatic carbocycles. The molecule has 4 unspecified atom stereocenters. The predicted molar refractivity (Wildman–Crippen MR) is 91.8 cm³/mol. The van der Waals surface area contributed by atoms with Crippen molar-refractivity contribution in [1.29, 1.82) is 0 Å². The lowest BCUT2D eigenvalue weighted by Crippen LogP contribution is -2.58. The van der Waals surface area contributed by atoms with Crippen molar-refractivity contribution in [3.8, 4) is 0 Å². The summed E-state index contributed by atoms with van der Waals surface area (Å²) in [5, 5.41) is 11.3. The lowest BCUT2D eigenvalue weighted by atomic mass is 9.46. The summed E-state index contributed by atoms with van der Waals surface area (Å²) in [5.74, 6) is 1.62. The van der Waals surface area contributed by atoms with Crippen molar-refractivity contribution < 1.29 is 19.4 Å². The molecular weight excluding hydrogens is 316 g/mol. The SMILES string of the molecule is C[C@@]12CCC(=O)C=C1CCC1C2CC[C@]2(C)C1CC1OCC(=O)[C@]12O. The summed E-state index contributed by atoms with van der Waals surface area (Å²) in [6.07, 6.45) is 8.06. The van der Waals surface area contributed by atoms with Crippen LogP contribution in [0, 0.1) is 28.6 Å². The molecule has 4 aliphatic carbocycles. The molecule has 4 nitrogen and oxygen atoms in total. The van der Waals surface area contributed by atoms with Crippen LogP contribution in [0.1, 0.15) is 58.8 Å². The number of hydrogen-bond acceptors (Lipinski definition) is 4. The average Bonchev–Trinajstić information content (AvgIpc) is 2.99. The molecule has 0 aromatic heterocycles. The highest BCUT2D eigenvalue weighted by atomic mass is 16.5. The summed E-state index contributed by atoms with van der Waals surface area (Å²) in [4.78, 5) is 24.4. The molecule has 1 N–H and O–H groups in total. The molecule has 25 heavy (non-hydrogen) atoms. The Labute approximate surface area is 149 Å². The number of carbonyl (C=O) groups excluding carboxylic acids is 2. The number of carbonyl (C=O) groups is 2. The number of ketones is 2. The van der Waals surface area contributed by atoms with Gasteiger partial charge in [-0.05, 0) is 67.8 Å². The molecule has 3 saturated carbocycles. The van der Waals surface area contributed by atoms with Gasteiger partial charge < -0.3 is 9.84 Å². The Kier molecular flexibility index (Phi) is 3.13. The summed E-state index contributed by atoms with van der Waals surface area (Å²) in [7, 11) is 0. The van der Waals surface area contributed by atoms with Gasteiger partial charge in [-0.25, -0.2) is 0 Å². The third kappa shape index (κ3) is 1.76. The maximum absolute atomic E-state index is 12.5. The summed E-state index contributed by atoms with van der Waals surface area (Å²) < 4.78 is 5.72. The quantitative estimate of drug-likeness (QED) is 0.734. The molecular formula is C21H28O4. The summed E-state index contributed by atoms with van der Waals surface area (Å²) in [5.41, 5.74) is -0.141. The van der Waals surface area contributed by atoms with Crippen molar-refractivity contribution in [1.82, 2.24) is 0 Å². The van der Waals surface area contributed by atoms with Crippen molar-refractivity contribution in [2.45, 2.75) is 70.5 Å². The normalized spacial score (nSPS) is 54.4. The highest BCUT2D eigenvalue weighted by Gasteiger charge is 2.72. The van der Waals surface area contributed by atoms with Crippen LogP contribution in [0.15, 0.2) is 11.6 Å². The van der Waals surface area contributed by atoms with E-state index in [1.807, 2.05) is 6.08 Å². The minimum Gasteiger partial charge on any atom is -0.379 e. The Bertz CT molecular complexity index is 696. The highest BCUT2D eigenvalue weighted by Crippen LogP contribution is 2.68. The summed E-state index contributed by atoms with van der Waals surface area (Å²) in [6.45, 7) is 4.57. The van der Waals surface area contributed by atoms with Crippen LogP contribution in [0.25, 0.3) is 0 Å². The molecule has 1 heterocycles. The van der Waals surface area contributed by atoms with Crippen molar-refractivity contribution in [3.05, 3.63) is 11.6 Å². The first kappa shape index (κ1) is 16.2. The molecule has 0 amide bonds. The van der Waals surface area contributed by atoms with Crippen molar-refractivity contribution in [2.75, 3.05) is 6.61 Å². The first-order valence-electron chi connectivity index (χ1n) is 9.92. The van der Waals surface area contributed by atoms with Crippen molar-refractivity contribution in [3.63, 3.8) is 0 Å². The zero-order valence-corrected chi connectivity index (χ0v) is 15.2. The number of rotatable bonds is 0. The zero-order valence-electron chi connectivity index (χ0n) is 15.2. The molecule has 7 atom stereocenters. The Balaban J connectivity index is 1.53. The van der Waals surface area contributed by atoms with E-state index in [9.17, 15) is 14.7 Å².